The fraction of sp³-hybridized carbons (Fsp3) is 0.500. The first-order valence-electron chi connectivity index (χ1n) is 4.63. The van der Waals surface area contributed by atoms with E-state index in [0.29, 0.717) is 6.04 Å². The third kappa shape index (κ3) is 1.35. The van der Waals surface area contributed by atoms with Gasteiger partial charge in [0.1, 0.15) is 5.03 Å². The first-order valence-corrected chi connectivity index (χ1v) is 5.41. The molecule has 1 aliphatic carbocycles. The number of aryl methyl sites for hydroxylation is 1. The molecule has 1 aromatic rings. The molecule has 2 aliphatic rings. The Morgan fingerprint density at radius 2 is 2.50 bits per heavy atom. The maximum absolute atomic E-state index is 4.33. The molecule has 0 radical (unpaired) electrons. The molecule has 6 heteroatoms. The number of guanidine groups is 1. The highest BCUT2D eigenvalue weighted by atomic mass is 32.2. The van der Waals surface area contributed by atoms with E-state index in [1.165, 1.54) is 24.8 Å². The van der Waals surface area contributed by atoms with Crippen molar-refractivity contribution >= 4 is 23.6 Å². The first kappa shape index (κ1) is 8.16. The first-order chi connectivity index (χ1) is 6.83. The van der Waals surface area contributed by atoms with Crippen LogP contribution >= 0.6 is 11.9 Å². The molecular formula is C8H11N5S. The van der Waals surface area contributed by atoms with E-state index in [0.717, 1.165) is 16.7 Å². The number of anilines is 1. The summed E-state index contributed by atoms with van der Waals surface area (Å²) in [6.07, 6.45) is 4.34. The Hall–Kier alpha value is -1.17. The smallest absolute Gasteiger partial charge is 0.208 e. The Bertz CT molecular complexity index is 392. The molecule has 0 bridgehead atoms. The van der Waals surface area contributed by atoms with Crippen molar-refractivity contribution in [2.75, 3.05) is 5.32 Å². The molecule has 1 saturated carbocycles. The highest BCUT2D eigenvalue weighted by molar-refractivity contribution is 7.98. The normalized spacial score (nSPS) is 19.6. The van der Waals surface area contributed by atoms with Crippen LogP contribution in [-0.2, 0) is 7.05 Å². The maximum atomic E-state index is 4.33. The molecule has 1 fully saturated rings. The Morgan fingerprint density at radius 1 is 1.64 bits per heavy atom. The van der Waals surface area contributed by atoms with Gasteiger partial charge in [0.15, 0.2) is 0 Å². The molecule has 0 unspecified atom stereocenters. The van der Waals surface area contributed by atoms with Crippen LogP contribution in [0.1, 0.15) is 12.8 Å². The van der Waals surface area contributed by atoms with Gasteiger partial charge in [0.2, 0.25) is 5.96 Å². The van der Waals surface area contributed by atoms with Gasteiger partial charge >= 0.3 is 0 Å². The van der Waals surface area contributed by atoms with Gasteiger partial charge in [-0.05, 0) is 12.8 Å². The van der Waals surface area contributed by atoms with E-state index in [-0.39, 0.29) is 0 Å². The minimum absolute atomic E-state index is 0.625. The maximum Gasteiger partial charge on any atom is 0.208 e. The summed E-state index contributed by atoms with van der Waals surface area (Å²) in [5.41, 5.74) is 1.04. The fourth-order valence-electron chi connectivity index (χ4n) is 1.34. The lowest BCUT2D eigenvalue weighted by atomic mass is 10.5. The van der Waals surface area contributed by atoms with E-state index < -0.39 is 0 Å². The zero-order chi connectivity index (χ0) is 9.54. The molecule has 0 aromatic carbocycles. The minimum atomic E-state index is 0.625. The van der Waals surface area contributed by atoms with Crippen LogP contribution in [0, 0.1) is 0 Å². The van der Waals surface area contributed by atoms with E-state index >= 15 is 0 Å². The molecule has 1 aromatic heterocycles. The number of fused-ring (bicyclic) bond motifs is 1. The van der Waals surface area contributed by atoms with Crippen LogP contribution < -0.4 is 10.6 Å². The Balaban J connectivity index is 1.78. The van der Waals surface area contributed by atoms with E-state index in [9.17, 15) is 0 Å². The number of aromatic nitrogens is 2. The summed E-state index contributed by atoms with van der Waals surface area (Å²) in [6, 6.07) is 0.625. The van der Waals surface area contributed by atoms with E-state index in [1.807, 2.05) is 17.9 Å². The quantitative estimate of drug-likeness (QED) is 0.676. The van der Waals surface area contributed by atoms with Gasteiger partial charge in [0.05, 0.1) is 11.9 Å². The second kappa shape index (κ2) is 2.91. The zero-order valence-electron chi connectivity index (χ0n) is 7.82. The van der Waals surface area contributed by atoms with Gasteiger partial charge in [-0.3, -0.25) is 4.68 Å². The molecule has 2 heterocycles. The number of rotatable bonds is 1. The van der Waals surface area contributed by atoms with Crippen molar-refractivity contribution in [1.29, 1.82) is 0 Å². The third-order valence-corrected chi connectivity index (χ3v) is 3.21. The molecule has 5 nitrogen and oxygen atoms in total. The van der Waals surface area contributed by atoms with Crippen molar-refractivity contribution in [3.8, 4) is 0 Å². The standard InChI is InChI=1S/C8H11N5S/c1-13-7-6(4-9-13)11-8(12-14-7)10-5-2-3-5/h4-5H,2-3H2,1H3,(H2,10,11,12). The minimum Gasteiger partial charge on any atom is -0.353 e. The summed E-state index contributed by atoms with van der Waals surface area (Å²) in [5.74, 6) is 0.859. The van der Waals surface area contributed by atoms with Crippen LogP contribution in [0.5, 0.6) is 0 Å². The average molecular weight is 209 g/mol. The second-order valence-electron chi connectivity index (χ2n) is 3.56. The van der Waals surface area contributed by atoms with Crippen LogP contribution in [0.2, 0.25) is 0 Å². The lowest BCUT2D eigenvalue weighted by molar-refractivity contribution is 0.699. The largest absolute Gasteiger partial charge is 0.353 e. The number of hydrogen-bond acceptors (Lipinski definition) is 5. The van der Waals surface area contributed by atoms with Gasteiger partial charge in [-0.1, -0.05) is 0 Å². The SMILES string of the molecule is Cn1ncc2c1SN=C(NC1CC1)N2. The van der Waals surface area contributed by atoms with Gasteiger partial charge in [0.25, 0.3) is 0 Å². The third-order valence-electron chi connectivity index (χ3n) is 2.28. The van der Waals surface area contributed by atoms with Crippen LogP contribution in [0.3, 0.4) is 0 Å². The number of nitrogens with one attached hydrogen (secondary N) is 2. The summed E-state index contributed by atoms with van der Waals surface area (Å²) >= 11 is 1.46. The van der Waals surface area contributed by atoms with Gasteiger partial charge < -0.3 is 10.6 Å². The predicted molar refractivity (Wildman–Crippen MR) is 56.3 cm³/mol. The molecular weight excluding hydrogens is 198 g/mol. The van der Waals surface area contributed by atoms with Gasteiger partial charge in [0, 0.05) is 25.0 Å². The van der Waals surface area contributed by atoms with Crippen LogP contribution in [0.25, 0.3) is 0 Å². The van der Waals surface area contributed by atoms with E-state index in [2.05, 4.69) is 20.1 Å². The molecule has 0 saturated heterocycles. The van der Waals surface area contributed by atoms with Crippen LogP contribution in [-0.4, -0.2) is 21.8 Å². The van der Waals surface area contributed by atoms with E-state index in [1.54, 1.807) is 0 Å². The van der Waals surface area contributed by atoms with E-state index in [4.69, 9.17) is 0 Å². The number of hydrogen-bond donors (Lipinski definition) is 2. The molecule has 0 atom stereocenters. The van der Waals surface area contributed by atoms with Crippen molar-refractivity contribution in [1.82, 2.24) is 15.1 Å². The molecule has 74 valence electrons. The monoisotopic (exact) mass is 209 g/mol. The molecule has 2 N–H and O–H groups in total. The van der Waals surface area contributed by atoms with Gasteiger partial charge in [-0.2, -0.15) is 9.50 Å². The Labute approximate surface area is 86.1 Å². The fourth-order valence-corrected chi connectivity index (χ4v) is 1.99. The highest BCUT2D eigenvalue weighted by Gasteiger charge is 2.24. The molecule has 1 aliphatic heterocycles. The summed E-state index contributed by atoms with van der Waals surface area (Å²) in [6.45, 7) is 0. The molecule has 3 rings (SSSR count). The molecule has 0 spiro atoms. The summed E-state index contributed by atoms with van der Waals surface area (Å²) < 4.78 is 6.16. The number of nitrogens with zero attached hydrogens (tertiary/aromatic N) is 3. The van der Waals surface area contributed by atoms with Gasteiger partial charge in [-0.15, -0.1) is 0 Å². The van der Waals surface area contributed by atoms with Gasteiger partial charge in [-0.25, -0.2) is 0 Å². The van der Waals surface area contributed by atoms with Crippen LogP contribution in [0.4, 0.5) is 5.69 Å². The summed E-state index contributed by atoms with van der Waals surface area (Å²) in [7, 11) is 1.92. The van der Waals surface area contributed by atoms with Crippen molar-refractivity contribution < 1.29 is 0 Å². The second-order valence-corrected chi connectivity index (χ2v) is 4.31. The molecule has 0 amide bonds. The summed E-state index contributed by atoms with van der Waals surface area (Å²) in [5, 5.41) is 11.8. The highest BCUT2D eigenvalue weighted by Crippen LogP contribution is 2.31. The zero-order valence-corrected chi connectivity index (χ0v) is 8.64. The summed E-state index contributed by atoms with van der Waals surface area (Å²) in [4.78, 5) is 0. The Kier molecular flexibility index (Phi) is 1.70. The van der Waals surface area contributed by atoms with Crippen molar-refractivity contribution in [2.45, 2.75) is 23.9 Å². The van der Waals surface area contributed by atoms with Crippen molar-refractivity contribution in [2.24, 2.45) is 11.4 Å². The predicted octanol–water partition coefficient (Wildman–Crippen LogP) is 0.961. The Morgan fingerprint density at radius 3 is 3.29 bits per heavy atom. The van der Waals surface area contributed by atoms with Crippen molar-refractivity contribution in [3.05, 3.63) is 6.20 Å². The average Bonchev–Trinajstić information content (AvgIpc) is 2.92. The topological polar surface area (TPSA) is 54.2 Å². The molecule has 14 heavy (non-hydrogen) atoms. The lowest BCUT2D eigenvalue weighted by Gasteiger charge is -2.15. The van der Waals surface area contributed by atoms with Crippen LogP contribution in [0.15, 0.2) is 15.6 Å². The lowest BCUT2D eigenvalue weighted by Crippen LogP contribution is -2.33. The van der Waals surface area contributed by atoms with Crippen molar-refractivity contribution in [3.63, 3.8) is 0 Å².